The van der Waals surface area contributed by atoms with Gasteiger partial charge in [-0.15, -0.1) is 0 Å². The highest BCUT2D eigenvalue weighted by molar-refractivity contribution is 5.65. The molecule has 0 radical (unpaired) electrons. The molecule has 1 aliphatic carbocycles. The monoisotopic (exact) mass is 490 g/mol. The fourth-order valence-corrected chi connectivity index (χ4v) is 5.47. The predicted octanol–water partition coefficient (Wildman–Crippen LogP) is 7.97. The maximum Gasteiger partial charge on any atom is 0.166 e. The van der Waals surface area contributed by atoms with E-state index in [0.717, 1.165) is 44.9 Å². The van der Waals surface area contributed by atoms with E-state index in [-0.39, 0.29) is 31.0 Å². The molecule has 192 valence electrons. The first-order valence-corrected chi connectivity index (χ1v) is 13.1. The highest BCUT2D eigenvalue weighted by Gasteiger charge is 2.36. The van der Waals surface area contributed by atoms with Crippen molar-refractivity contribution in [1.29, 1.82) is 0 Å². The Balaban J connectivity index is 1.29. The van der Waals surface area contributed by atoms with Crippen LogP contribution >= 0.6 is 0 Å². The number of hydrogen-bond donors (Lipinski definition) is 0. The third kappa shape index (κ3) is 6.39. The van der Waals surface area contributed by atoms with Gasteiger partial charge < -0.3 is 14.2 Å². The van der Waals surface area contributed by atoms with Crippen LogP contribution in [0.1, 0.15) is 76.7 Å². The Morgan fingerprint density at radius 3 is 2.20 bits per heavy atom. The molecule has 3 nitrogen and oxygen atoms in total. The molecule has 2 aromatic carbocycles. The van der Waals surface area contributed by atoms with Crippen molar-refractivity contribution < 1.29 is 27.4 Å². The molecule has 2 aliphatic rings. The summed E-state index contributed by atoms with van der Waals surface area (Å²) < 4.78 is 61.2. The van der Waals surface area contributed by atoms with Crippen LogP contribution in [-0.4, -0.2) is 31.8 Å². The standard InChI is InChI=1S/C29H37F3O3/c1-3-17-29(32)18-34-26(35-19-29)16-7-20-5-8-21(9-6-20)24-14-15-25(28(31)27(24)30)22-10-12-23(13-11-22)33-4-2/h10-15,20-21,26H,3-9,16-19H2,1-2H3. The summed E-state index contributed by atoms with van der Waals surface area (Å²) >= 11 is 0. The first-order chi connectivity index (χ1) is 16.9. The molecule has 2 fully saturated rings. The van der Waals surface area contributed by atoms with Gasteiger partial charge in [0.2, 0.25) is 0 Å². The van der Waals surface area contributed by atoms with E-state index in [9.17, 15) is 8.78 Å². The molecule has 0 unspecified atom stereocenters. The van der Waals surface area contributed by atoms with Crippen LogP contribution in [0.4, 0.5) is 13.2 Å². The van der Waals surface area contributed by atoms with Crippen molar-refractivity contribution in [2.75, 3.05) is 19.8 Å². The number of rotatable bonds is 9. The smallest absolute Gasteiger partial charge is 0.166 e. The lowest BCUT2D eigenvalue weighted by Gasteiger charge is -2.35. The first-order valence-electron chi connectivity index (χ1n) is 13.1. The predicted molar refractivity (Wildman–Crippen MR) is 131 cm³/mol. The second kappa shape index (κ2) is 11.8. The molecule has 1 saturated heterocycles. The normalized spacial score (nSPS) is 27.1. The summed E-state index contributed by atoms with van der Waals surface area (Å²) in [7, 11) is 0. The van der Waals surface area contributed by atoms with Gasteiger partial charge in [-0.1, -0.05) is 37.6 Å². The molecular formula is C29H37F3O3. The van der Waals surface area contributed by atoms with Crippen molar-refractivity contribution in [3.05, 3.63) is 53.6 Å². The largest absolute Gasteiger partial charge is 0.494 e. The van der Waals surface area contributed by atoms with Crippen molar-refractivity contribution in [2.45, 2.75) is 83.1 Å². The molecular weight excluding hydrogens is 453 g/mol. The maximum atomic E-state index is 15.1. The van der Waals surface area contributed by atoms with Gasteiger partial charge in [-0.05, 0) is 87.0 Å². The SMILES string of the molecule is CCCC1(F)COC(CCC2CCC(c3ccc(-c4ccc(OCC)cc4)c(F)c3F)CC2)OC1. The van der Waals surface area contributed by atoms with Gasteiger partial charge in [0, 0.05) is 5.56 Å². The van der Waals surface area contributed by atoms with Gasteiger partial charge in [0.1, 0.15) is 5.75 Å². The minimum absolute atomic E-state index is 0.0264. The second-order valence-electron chi connectivity index (χ2n) is 10.0. The van der Waals surface area contributed by atoms with Crippen LogP contribution in [0.3, 0.4) is 0 Å². The number of alkyl halides is 1. The number of benzene rings is 2. The summed E-state index contributed by atoms with van der Waals surface area (Å²) in [6.45, 7) is 4.63. The third-order valence-corrected chi connectivity index (χ3v) is 7.44. The Labute approximate surface area is 207 Å². The van der Waals surface area contributed by atoms with Crippen LogP contribution in [-0.2, 0) is 9.47 Å². The van der Waals surface area contributed by atoms with E-state index in [4.69, 9.17) is 14.2 Å². The van der Waals surface area contributed by atoms with E-state index in [2.05, 4.69) is 0 Å². The molecule has 0 N–H and O–H groups in total. The maximum absolute atomic E-state index is 15.1. The zero-order chi connectivity index (χ0) is 24.8. The van der Waals surface area contributed by atoms with Crippen LogP contribution < -0.4 is 4.74 Å². The molecule has 0 bridgehead atoms. The van der Waals surface area contributed by atoms with Gasteiger partial charge in [0.15, 0.2) is 23.6 Å². The molecule has 0 aromatic heterocycles. The Morgan fingerprint density at radius 2 is 1.57 bits per heavy atom. The van der Waals surface area contributed by atoms with E-state index in [1.807, 2.05) is 13.8 Å². The molecule has 35 heavy (non-hydrogen) atoms. The Hall–Kier alpha value is -2.05. The van der Waals surface area contributed by atoms with Crippen molar-refractivity contribution in [2.24, 2.45) is 5.92 Å². The average Bonchev–Trinajstić information content (AvgIpc) is 2.87. The Bertz CT molecular complexity index is 946. The molecule has 6 heteroatoms. The summed E-state index contributed by atoms with van der Waals surface area (Å²) in [5.74, 6) is -0.280. The lowest BCUT2D eigenvalue weighted by atomic mass is 9.76. The van der Waals surface area contributed by atoms with Gasteiger partial charge in [-0.25, -0.2) is 13.2 Å². The number of hydrogen-bond acceptors (Lipinski definition) is 3. The van der Waals surface area contributed by atoms with Gasteiger partial charge in [0.25, 0.3) is 0 Å². The van der Waals surface area contributed by atoms with E-state index >= 15 is 4.39 Å². The van der Waals surface area contributed by atoms with Crippen molar-refractivity contribution in [1.82, 2.24) is 0 Å². The number of halogens is 3. The third-order valence-electron chi connectivity index (χ3n) is 7.44. The van der Waals surface area contributed by atoms with E-state index in [1.165, 1.54) is 0 Å². The van der Waals surface area contributed by atoms with Crippen molar-refractivity contribution >= 4 is 0 Å². The second-order valence-corrected chi connectivity index (χ2v) is 10.0. The van der Waals surface area contributed by atoms with E-state index in [1.54, 1.807) is 36.4 Å². The summed E-state index contributed by atoms with van der Waals surface area (Å²) in [6.07, 6.45) is 6.17. The molecule has 1 aliphatic heterocycles. The highest BCUT2D eigenvalue weighted by Crippen LogP contribution is 2.40. The lowest BCUT2D eigenvalue weighted by molar-refractivity contribution is -0.237. The number of ether oxygens (including phenoxy) is 3. The summed E-state index contributed by atoms with van der Waals surface area (Å²) in [6, 6.07) is 10.5. The van der Waals surface area contributed by atoms with E-state index < -0.39 is 17.3 Å². The molecule has 1 heterocycles. The molecule has 1 saturated carbocycles. The van der Waals surface area contributed by atoms with Gasteiger partial charge in [-0.3, -0.25) is 0 Å². The van der Waals surface area contributed by atoms with Crippen LogP contribution in [0.15, 0.2) is 36.4 Å². The minimum Gasteiger partial charge on any atom is -0.494 e. The quantitative estimate of drug-likeness (QED) is 0.357. The molecule has 0 atom stereocenters. The first kappa shape index (κ1) is 26.0. The van der Waals surface area contributed by atoms with Gasteiger partial charge >= 0.3 is 0 Å². The zero-order valence-electron chi connectivity index (χ0n) is 20.8. The molecule has 0 amide bonds. The minimum atomic E-state index is -1.36. The van der Waals surface area contributed by atoms with Crippen molar-refractivity contribution in [3.63, 3.8) is 0 Å². The van der Waals surface area contributed by atoms with Gasteiger partial charge in [-0.2, -0.15) is 0 Å². The average molecular weight is 491 g/mol. The van der Waals surface area contributed by atoms with Crippen molar-refractivity contribution in [3.8, 4) is 16.9 Å². The van der Waals surface area contributed by atoms with Crippen LogP contribution in [0.5, 0.6) is 5.75 Å². The van der Waals surface area contributed by atoms with Gasteiger partial charge in [0.05, 0.1) is 19.8 Å². The highest BCUT2D eigenvalue weighted by atomic mass is 19.2. The summed E-state index contributed by atoms with van der Waals surface area (Å²) in [5.41, 5.74) is 0.0222. The molecule has 4 rings (SSSR count). The van der Waals surface area contributed by atoms with Crippen LogP contribution in [0, 0.1) is 17.6 Å². The molecule has 2 aromatic rings. The lowest BCUT2D eigenvalue weighted by Crippen LogP contribution is -2.44. The summed E-state index contributed by atoms with van der Waals surface area (Å²) in [4.78, 5) is 0. The van der Waals surface area contributed by atoms with E-state index in [0.29, 0.717) is 35.8 Å². The fraction of sp³-hybridized carbons (Fsp3) is 0.586. The zero-order valence-corrected chi connectivity index (χ0v) is 20.8. The molecule has 0 spiro atoms. The van der Waals surface area contributed by atoms with Crippen LogP contribution in [0.2, 0.25) is 0 Å². The Morgan fingerprint density at radius 1 is 0.886 bits per heavy atom. The van der Waals surface area contributed by atoms with Crippen LogP contribution in [0.25, 0.3) is 11.1 Å². The fourth-order valence-electron chi connectivity index (χ4n) is 5.47. The summed E-state index contributed by atoms with van der Waals surface area (Å²) in [5, 5.41) is 0. The Kier molecular flexibility index (Phi) is 8.77. The topological polar surface area (TPSA) is 27.7 Å².